The smallest absolute Gasteiger partial charge is 0.416 e. The van der Waals surface area contributed by atoms with Crippen LogP contribution >= 0.6 is 15.9 Å². The lowest BCUT2D eigenvalue weighted by molar-refractivity contribution is -0.140. The molecule has 0 aliphatic rings. The zero-order valence-electron chi connectivity index (χ0n) is 10.4. The Morgan fingerprint density at radius 1 is 1.42 bits per heavy atom. The lowest BCUT2D eigenvalue weighted by Crippen LogP contribution is -2.22. The number of benzene rings is 1. The summed E-state index contributed by atoms with van der Waals surface area (Å²) in [6, 6.07) is 3.39. The highest BCUT2D eigenvalue weighted by molar-refractivity contribution is 9.10. The predicted octanol–water partition coefficient (Wildman–Crippen LogP) is 3.47. The van der Waals surface area contributed by atoms with Gasteiger partial charge in [-0.2, -0.15) is 13.2 Å². The highest BCUT2D eigenvalue weighted by atomic mass is 79.9. The van der Waals surface area contributed by atoms with Crippen molar-refractivity contribution in [2.75, 3.05) is 25.6 Å². The fourth-order valence-electron chi connectivity index (χ4n) is 1.47. The quantitative estimate of drug-likeness (QED) is 0.786. The van der Waals surface area contributed by atoms with Crippen molar-refractivity contribution in [3.63, 3.8) is 0 Å². The molecule has 7 heteroatoms. The van der Waals surface area contributed by atoms with Gasteiger partial charge in [0.25, 0.3) is 0 Å². The molecular formula is C12H13BrF3NO2. The number of carbonyl (C=O) groups excluding carboxylic acids is 1. The van der Waals surface area contributed by atoms with Gasteiger partial charge in [0.05, 0.1) is 24.8 Å². The summed E-state index contributed by atoms with van der Waals surface area (Å²) in [5.74, 6) is -0.366. The highest BCUT2D eigenvalue weighted by Crippen LogP contribution is 2.34. The van der Waals surface area contributed by atoms with E-state index < -0.39 is 11.7 Å². The number of carbonyl (C=O) groups is 1. The zero-order valence-corrected chi connectivity index (χ0v) is 12.0. The van der Waals surface area contributed by atoms with E-state index in [4.69, 9.17) is 0 Å². The Labute approximate surface area is 117 Å². The van der Waals surface area contributed by atoms with E-state index >= 15 is 0 Å². The lowest BCUT2D eigenvalue weighted by atomic mass is 10.2. The van der Waals surface area contributed by atoms with Gasteiger partial charge in [-0.05, 0) is 34.1 Å². The number of hydrogen-bond acceptors (Lipinski definition) is 3. The molecule has 0 saturated carbocycles. The van der Waals surface area contributed by atoms with Crippen molar-refractivity contribution < 1.29 is 22.7 Å². The van der Waals surface area contributed by atoms with E-state index in [2.05, 4.69) is 20.7 Å². The van der Waals surface area contributed by atoms with Gasteiger partial charge in [0.2, 0.25) is 0 Å². The molecule has 0 bridgehead atoms. The number of methoxy groups -OCH3 is 1. The number of nitrogens with zero attached hydrogens (tertiary/aromatic N) is 1. The Kier molecular flexibility index (Phi) is 5.22. The van der Waals surface area contributed by atoms with Crippen LogP contribution in [0.2, 0.25) is 0 Å². The molecule has 0 amide bonds. The SMILES string of the molecule is COC(=O)CCN(C)c1ccc(C(F)(F)F)cc1Br. The third-order valence-electron chi connectivity index (χ3n) is 2.57. The summed E-state index contributed by atoms with van der Waals surface area (Å²) in [5, 5.41) is 0. The molecule has 0 N–H and O–H groups in total. The van der Waals surface area contributed by atoms with Gasteiger partial charge in [0.1, 0.15) is 0 Å². The molecule has 3 nitrogen and oxygen atoms in total. The van der Waals surface area contributed by atoms with E-state index in [1.54, 1.807) is 11.9 Å². The number of rotatable bonds is 4. The van der Waals surface area contributed by atoms with Crippen molar-refractivity contribution in [3.05, 3.63) is 28.2 Å². The Morgan fingerprint density at radius 2 is 2.05 bits per heavy atom. The Hall–Kier alpha value is -1.24. The molecule has 0 atom stereocenters. The van der Waals surface area contributed by atoms with Crippen LogP contribution in [0.1, 0.15) is 12.0 Å². The second kappa shape index (κ2) is 6.27. The van der Waals surface area contributed by atoms with Crippen molar-refractivity contribution in [2.45, 2.75) is 12.6 Å². The van der Waals surface area contributed by atoms with Crippen LogP contribution in [0.15, 0.2) is 22.7 Å². The monoisotopic (exact) mass is 339 g/mol. The van der Waals surface area contributed by atoms with E-state index in [1.165, 1.54) is 13.2 Å². The summed E-state index contributed by atoms with van der Waals surface area (Å²) in [4.78, 5) is 12.7. The number of ether oxygens (including phenoxy) is 1. The minimum Gasteiger partial charge on any atom is -0.469 e. The van der Waals surface area contributed by atoms with Crippen LogP contribution in [0.4, 0.5) is 18.9 Å². The molecule has 1 aromatic carbocycles. The van der Waals surface area contributed by atoms with Gasteiger partial charge in [0, 0.05) is 18.1 Å². The maximum atomic E-state index is 12.5. The van der Waals surface area contributed by atoms with E-state index in [-0.39, 0.29) is 12.4 Å². The number of alkyl halides is 3. The maximum absolute atomic E-state index is 12.5. The Balaban J connectivity index is 2.82. The number of esters is 1. The van der Waals surface area contributed by atoms with Gasteiger partial charge in [0.15, 0.2) is 0 Å². The van der Waals surface area contributed by atoms with E-state index in [1.807, 2.05) is 0 Å². The summed E-state index contributed by atoms with van der Waals surface area (Å²) < 4.78 is 42.3. The van der Waals surface area contributed by atoms with Gasteiger partial charge < -0.3 is 9.64 Å². The average molecular weight is 340 g/mol. The van der Waals surface area contributed by atoms with Gasteiger partial charge >= 0.3 is 12.1 Å². The molecule has 0 unspecified atom stereocenters. The predicted molar refractivity (Wildman–Crippen MR) is 69.0 cm³/mol. The molecule has 0 aliphatic heterocycles. The summed E-state index contributed by atoms with van der Waals surface area (Å²) in [6.07, 6.45) is -4.20. The molecule has 0 saturated heterocycles. The van der Waals surface area contributed by atoms with Crippen LogP contribution in [0.3, 0.4) is 0 Å². The second-order valence-electron chi connectivity index (χ2n) is 3.91. The molecule has 106 valence electrons. The number of hydrogen-bond donors (Lipinski definition) is 0. The molecule has 1 aromatic rings. The van der Waals surface area contributed by atoms with Crippen LogP contribution in [0.25, 0.3) is 0 Å². The zero-order chi connectivity index (χ0) is 14.6. The number of anilines is 1. The highest BCUT2D eigenvalue weighted by Gasteiger charge is 2.31. The summed E-state index contributed by atoms with van der Waals surface area (Å²) in [7, 11) is 2.98. The van der Waals surface area contributed by atoms with Crippen molar-refractivity contribution in [1.29, 1.82) is 0 Å². The average Bonchev–Trinajstić information content (AvgIpc) is 2.34. The summed E-state index contributed by atoms with van der Waals surface area (Å²) >= 11 is 3.11. The minimum absolute atomic E-state index is 0.167. The van der Waals surface area contributed by atoms with Crippen LogP contribution in [0, 0.1) is 0 Å². The second-order valence-corrected chi connectivity index (χ2v) is 4.77. The third kappa shape index (κ3) is 4.41. The van der Waals surface area contributed by atoms with E-state index in [9.17, 15) is 18.0 Å². The first-order valence-corrected chi connectivity index (χ1v) is 6.19. The largest absolute Gasteiger partial charge is 0.469 e. The molecule has 19 heavy (non-hydrogen) atoms. The standard InChI is InChI=1S/C12H13BrF3NO2/c1-17(6-5-11(18)19-2)10-4-3-8(7-9(10)13)12(14,15)16/h3-4,7H,5-6H2,1-2H3. The summed E-state index contributed by atoms with van der Waals surface area (Å²) in [5.41, 5.74) is -0.138. The Bertz CT molecular complexity index is 463. The van der Waals surface area contributed by atoms with Gasteiger partial charge in [-0.15, -0.1) is 0 Å². The topological polar surface area (TPSA) is 29.5 Å². The fraction of sp³-hybridized carbons (Fsp3) is 0.417. The Morgan fingerprint density at radius 3 is 2.53 bits per heavy atom. The molecule has 1 rings (SSSR count). The lowest BCUT2D eigenvalue weighted by Gasteiger charge is -2.21. The van der Waals surface area contributed by atoms with Crippen LogP contribution in [-0.4, -0.2) is 26.7 Å². The molecule has 0 radical (unpaired) electrons. The van der Waals surface area contributed by atoms with Crippen molar-refractivity contribution in [1.82, 2.24) is 0 Å². The minimum atomic E-state index is -4.37. The van der Waals surface area contributed by atoms with Crippen LogP contribution in [-0.2, 0) is 15.7 Å². The molecule has 0 aliphatic carbocycles. The first kappa shape index (κ1) is 15.8. The molecular weight excluding hydrogens is 327 g/mol. The first-order chi connectivity index (χ1) is 8.75. The molecule has 0 aromatic heterocycles. The first-order valence-electron chi connectivity index (χ1n) is 5.40. The van der Waals surface area contributed by atoms with Crippen molar-refractivity contribution in [3.8, 4) is 0 Å². The van der Waals surface area contributed by atoms with Crippen molar-refractivity contribution in [2.24, 2.45) is 0 Å². The number of halogens is 4. The fourth-order valence-corrected chi connectivity index (χ4v) is 2.16. The third-order valence-corrected chi connectivity index (χ3v) is 3.20. The van der Waals surface area contributed by atoms with E-state index in [0.29, 0.717) is 16.7 Å². The van der Waals surface area contributed by atoms with Gasteiger partial charge in [-0.3, -0.25) is 4.79 Å². The normalized spacial score (nSPS) is 11.3. The van der Waals surface area contributed by atoms with Crippen molar-refractivity contribution >= 4 is 27.6 Å². The maximum Gasteiger partial charge on any atom is 0.416 e. The summed E-state index contributed by atoms with van der Waals surface area (Å²) in [6.45, 7) is 0.358. The van der Waals surface area contributed by atoms with Crippen LogP contribution in [0.5, 0.6) is 0 Å². The molecule has 0 fully saturated rings. The molecule has 0 spiro atoms. The molecule has 0 heterocycles. The van der Waals surface area contributed by atoms with E-state index in [0.717, 1.165) is 12.1 Å². The van der Waals surface area contributed by atoms with Gasteiger partial charge in [-0.1, -0.05) is 0 Å². The van der Waals surface area contributed by atoms with Crippen LogP contribution < -0.4 is 4.90 Å². The van der Waals surface area contributed by atoms with Gasteiger partial charge in [-0.25, -0.2) is 0 Å².